The lowest BCUT2D eigenvalue weighted by atomic mass is 10.1. The number of amides is 1. The van der Waals surface area contributed by atoms with Gasteiger partial charge in [-0.2, -0.15) is 5.10 Å². The Morgan fingerprint density at radius 2 is 2.04 bits per heavy atom. The maximum absolute atomic E-state index is 12.4. The van der Waals surface area contributed by atoms with E-state index in [9.17, 15) is 14.7 Å². The van der Waals surface area contributed by atoms with Gasteiger partial charge in [0.1, 0.15) is 17.4 Å². The average molecular weight is 378 g/mol. The molecule has 0 spiro atoms. The van der Waals surface area contributed by atoms with E-state index in [0.717, 1.165) is 18.4 Å². The number of aliphatic carboxylic acids is 1. The van der Waals surface area contributed by atoms with Crippen molar-refractivity contribution in [3.05, 3.63) is 40.5 Å². The largest absolute Gasteiger partial charge is 0.480 e. The minimum Gasteiger partial charge on any atom is -0.480 e. The monoisotopic (exact) mass is 377 g/mol. The molecular formula is C16H16BrN3O3. The number of hydrogen-bond acceptors (Lipinski definition) is 3. The van der Waals surface area contributed by atoms with Gasteiger partial charge in [-0.25, -0.2) is 4.79 Å². The van der Waals surface area contributed by atoms with Crippen LogP contribution in [0.25, 0.3) is 11.3 Å². The summed E-state index contributed by atoms with van der Waals surface area (Å²) in [6.45, 7) is 0. The normalized spacial score (nSPS) is 15.2. The molecule has 23 heavy (non-hydrogen) atoms. The number of aromatic nitrogens is 2. The summed E-state index contributed by atoms with van der Waals surface area (Å²) >= 11 is 3.38. The quantitative estimate of drug-likeness (QED) is 0.721. The zero-order chi connectivity index (χ0) is 16.4. The Kier molecular flexibility index (Phi) is 4.47. The molecule has 0 aliphatic heterocycles. The first-order valence-corrected chi connectivity index (χ1v) is 8.18. The molecule has 6 nitrogen and oxygen atoms in total. The molecule has 1 amide bonds. The van der Waals surface area contributed by atoms with Gasteiger partial charge in [0.25, 0.3) is 5.91 Å². The fourth-order valence-electron chi connectivity index (χ4n) is 2.40. The molecule has 1 aliphatic carbocycles. The van der Waals surface area contributed by atoms with Crippen LogP contribution >= 0.6 is 15.9 Å². The van der Waals surface area contributed by atoms with Crippen LogP contribution in [0.1, 0.15) is 29.8 Å². The summed E-state index contributed by atoms with van der Waals surface area (Å²) in [5.41, 5.74) is 1.71. The molecule has 1 heterocycles. The molecule has 0 radical (unpaired) electrons. The van der Waals surface area contributed by atoms with E-state index >= 15 is 0 Å². The molecule has 120 valence electrons. The summed E-state index contributed by atoms with van der Waals surface area (Å²) in [5.74, 6) is -1.08. The fraction of sp³-hybridized carbons (Fsp3) is 0.312. The number of rotatable bonds is 6. The number of carbonyl (C=O) groups excluding carboxylic acids is 1. The summed E-state index contributed by atoms with van der Waals surface area (Å²) in [4.78, 5) is 23.6. The van der Waals surface area contributed by atoms with Crippen LogP contribution in [-0.2, 0) is 4.79 Å². The van der Waals surface area contributed by atoms with Gasteiger partial charge in [0, 0.05) is 5.56 Å². The maximum Gasteiger partial charge on any atom is 0.326 e. The highest BCUT2D eigenvalue weighted by atomic mass is 79.9. The van der Waals surface area contributed by atoms with E-state index in [2.05, 4.69) is 31.4 Å². The number of carboxylic acid groups (broad SMARTS) is 1. The summed E-state index contributed by atoms with van der Waals surface area (Å²) in [6, 6.07) is 8.56. The molecular weight excluding hydrogens is 362 g/mol. The summed E-state index contributed by atoms with van der Waals surface area (Å²) in [7, 11) is 0. The Morgan fingerprint density at radius 1 is 1.35 bits per heavy atom. The van der Waals surface area contributed by atoms with Gasteiger partial charge in [0.15, 0.2) is 0 Å². The first-order valence-electron chi connectivity index (χ1n) is 7.39. The molecule has 3 rings (SSSR count). The van der Waals surface area contributed by atoms with E-state index in [1.807, 2.05) is 30.3 Å². The average Bonchev–Trinajstić information content (AvgIpc) is 3.27. The van der Waals surface area contributed by atoms with Crippen LogP contribution in [0, 0.1) is 5.92 Å². The van der Waals surface area contributed by atoms with Crippen molar-refractivity contribution in [3.8, 4) is 11.3 Å². The lowest BCUT2D eigenvalue weighted by molar-refractivity contribution is -0.139. The summed E-state index contributed by atoms with van der Waals surface area (Å²) in [6.07, 6.45) is 2.54. The van der Waals surface area contributed by atoms with E-state index < -0.39 is 17.9 Å². The van der Waals surface area contributed by atoms with Crippen molar-refractivity contribution in [2.75, 3.05) is 0 Å². The van der Waals surface area contributed by atoms with E-state index in [1.165, 1.54) is 0 Å². The van der Waals surface area contributed by atoms with Gasteiger partial charge in [0.05, 0.1) is 4.47 Å². The number of nitrogens with zero attached hydrogens (tertiary/aromatic N) is 1. The Bertz CT molecular complexity index is 725. The van der Waals surface area contributed by atoms with E-state index in [1.54, 1.807) is 0 Å². The molecule has 1 atom stereocenters. The first kappa shape index (κ1) is 15.7. The van der Waals surface area contributed by atoms with Crippen molar-refractivity contribution in [2.45, 2.75) is 25.3 Å². The zero-order valence-electron chi connectivity index (χ0n) is 12.3. The second kappa shape index (κ2) is 6.54. The van der Waals surface area contributed by atoms with Crippen molar-refractivity contribution >= 4 is 27.8 Å². The maximum atomic E-state index is 12.4. The number of nitrogens with one attached hydrogen (secondary N) is 2. The molecule has 1 unspecified atom stereocenters. The predicted octanol–water partition coefficient (Wildman–Crippen LogP) is 2.82. The lowest BCUT2D eigenvalue weighted by Crippen LogP contribution is -2.41. The van der Waals surface area contributed by atoms with Crippen molar-refractivity contribution in [1.29, 1.82) is 0 Å². The van der Waals surface area contributed by atoms with E-state index in [-0.39, 0.29) is 5.69 Å². The van der Waals surface area contributed by atoms with Gasteiger partial charge in [0.2, 0.25) is 0 Å². The van der Waals surface area contributed by atoms with Gasteiger partial charge in [-0.3, -0.25) is 9.89 Å². The Labute approximate surface area is 141 Å². The highest BCUT2D eigenvalue weighted by molar-refractivity contribution is 9.10. The highest BCUT2D eigenvalue weighted by Gasteiger charge is 2.31. The molecule has 3 N–H and O–H groups in total. The van der Waals surface area contributed by atoms with Gasteiger partial charge >= 0.3 is 5.97 Å². The Balaban J connectivity index is 1.77. The topological polar surface area (TPSA) is 95.1 Å². The number of carboxylic acids is 1. The van der Waals surface area contributed by atoms with Gasteiger partial charge in [-0.05, 0) is 28.3 Å². The van der Waals surface area contributed by atoms with Crippen LogP contribution in [0.3, 0.4) is 0 Å². The second-order valence-corrected chi connectivity index (χ2v) is 6.46. The van der Waals surface area contributed by atoms with Crippen LogP contribution in [0.15, 0.2) is 34.8 Å². The molecule has 0 bridgehead atoms. The smallest absolute Gasteiger partial charge is 0.326 e. The Hall–Kier alpha value is -2.15. The van der Waals surface area contributed by atoms with E-state index in [4.69, 9.17) is 0 Å². The van der Waals surface area contributed by atoms with Crippen molar-refractivity contribution in [3.63, 3.8) is 0 Å². The Morgan fingerprint density at radius 3 is 2.65 bits per heavy atom. The van der Waals surface area contributed by atoms with Crippen LogP contribution in [0.5, 0.6) is 0 Å². The number of hydrogen-bond donors (Lipinski definition) is 3. The number of halogens is 1. The lowest BCUT2D eigenvalue weighted by Gasteiger charge is -2.13. The van der Waals surface area contributed by atoms with Crippen LogP contribution in [-0.4, -0.2) is 33.2 Å². The molecule has 1 aromatic carbocycles. The summed E-state index contributed by atoms with van der Waals surface area (Å²) in [5, 5.41) is 18.7. The second-order valence-electron chi connectivity index (χ2n) is 5.67. The van der Waals surface area contributed by atoms with Crippen LogP contribution < -0.4 is 5.32 Å². The van der Waals surface area contributed by atoms with E-state index in [0.29, 0.717) is 22.5 Å². The molecule has 1 aliphatic rings. The highest BCUT2D eigenvalue weighted by Crippen LogP contribution is 2.34. The predicted molar refractivity (Wildman–Crippen MR) is 88.0 cm³/mol. The third kappa shape index (κ3) is 3.61. The minimum absolute atomic E-state index is 0.228. The van der Waals surface area contributed by atoms with Gasteiger partial charge in [-0.1, -0.05) is 43.2 Å². The minimum atomic E-state index is -1.01. The van der Waals surface area contributed by atoms with Crippen molar-refractivity contribution < 1.29 is 14.7 Å². The third-order valence-electron chi connectivity index (χ3n) is 3.85. The summed E-state index contributed by atoms with van der Waals surface area (Å²) < 4.78 is 0.525. The SMILES string of the molecule is O=C(NC(CC1CC1)C(=O)O)c1[nH]nc(-c2ccccc2)c1Br. The zero-order valence-corrected chi connectivity index (χ0v) is 13.8. The fourth-order valence-corrected chi connectivity index (χ4v) is 2.99. The molecule has 1 saturated carbocycles. The van der Waals surface area contributed by atoms with Crippen molar-refractivity contribution in [1.82, 2.24) is 15.5 Å². The van der Waals surface area contributed by atoms with Crippen LogP contribution in [0.4, 0.5) is 0 Å². The molecule has 1 fully saturated rings. The van der Waals surface area contributed by atoms with Gasteiger partial charge < -0.3 is 10.4 Å². The molecule has 0 saturated heterocycles. The number of benzene rings is 1. The molecule has 2 aromatic rings. The third-order valence-corrected chi connectivity index (χ3v) is 4.62. The standard InChI is InChI=1S/C16H16BrN3O3/c17-12-13(10-4-2-1-3-5-10)19-20-14(12)15(21)18-11(16(22)23)8-9-6-7-9/h1-5,9,11H,6-8H2,(H,18,21)(H,19,20)(H,22,23). The van der Waals surface area contributed by atoms with Crippen molar-refractivity contribution in [2.24, 2.45) is 5.92 Å². The van der Waals surface area contributed by atoms with Crippen LogP contribution in [0.2, 0.25) is 0 Å². The molecule has 7 heteroatoms. The van der Waals surface area contributed by atoms with Gasteiger partial charge in [-0.15, -0.1) is 0 Å². The number of aromatic amines is 1. The number of H-pyrrole nitrogens is 1. The first-order chi connectivity index (χ1) is 11.1. The number of carbonyl (C=O) groups is 2. The molecule has 1 aromatic heterocycles.